The Hall–Kier alpha value is -3.12. The summed E-state index contributed by atoms with van der Waals surface area (Å²) in [5.74, 6) is 0.149. The van der Waals surface area contributed by atoms with Crippen molar-refractivity contribution in [2.45, 2.75) is 25.7 Å². The van der Waals surface area contributed by atoms with Crippen LogP contribution in [0.1, 0.15) is 22.5 Å². The summed E-state index contributed by atoms with van der Waals surface area (Å²) < 4.78 is 0. The van der Waals surface area contributed by atoms with Crippen LogP contribution < -0.4 is 5.43 Å². The zero-order chi connectivity index (χ0) is 20.4. The quantitative estimate of drug-likeness (QED) is 0.284. The van der Waals surface area contributed by atoms with Gasteiger partial charge in [0.1, 0.15) is 0 Å². The first-order valence-corrected chi connectivity index (χ1v) is 10.4. The van der Waals surface area contributed by atoms with Crippen molar-refractivity contribution >= 4 is 45.7 Å². The summed E-state index contributed by atoms with van der Waals surface area (Å²) in [6.45, 7) is 6.02. The van der Waals surface area contributed by atoms with Crippen LogP contribution in [0.4, 0.5) is 0 Å². The van der Waals surface area contributed by atoms with Gasteiger partial charge in [-0.05, 0) is 45.0 Å². The highest BCUT2D eigenvalue weighted by Gasteiger charge is 2.09. The summed E-state index contributed by atoms with van der Waals surface area (Å²) in [6, 6.07) is 16.3. The number of H-pyrrole nitrogens is 1. The first-order valence-electron chi connectivity index (χ1n) is 9.41. The predicted molar refractivity (Wildman–Crippen MR) is 121 cm³/mol. The van der Waals surface area contributed by atoms with E-state index in [1.54, 1.807) is 6.21 Å². The molecule has 0 spiro atoms. The van der Waals surface area contributed by atoms with Crippen molar-refractivity contribution in [2.24, 2.45) is 5.10 Å². The zero-order valence-electron chi connectivity index (χ0n) is 16.6. The van der Waals surface area contributed by atoms with Crippen LogP contribution >= 0.6 is 11.8 Å². The fraction of sp³-hybridized carbons (Fsp3) is 0.174. The molecule has 0 unspecified atom stereocenters. The Morgan fingerprint density at radius 2 is 1.97 bits per heavy atom. The molecule has 2 N–H and O–H groups in total. The van der Waals surface area contributed by atoms with Gasteiger partial charge in [0.25, 0.3) is 0 Å². The number of benzene rings is 2. The van der Waals surface area contributed by atoms with Gasteiger partial charge in [-0.1, -0.05) is 29.8 Å². The molecule has 2 aromatic heterocycles. The van der Waals surface area contributed by atoms with Crippen LogP contribution in [0.3, 0.4) is 0 Å². The molecule has 29 heavy (non-hydrogen) atoms. The van der Waals surface area contributed by atoms with Crippen LogP contribution in [0.25, 0.3) is 21.8 Å². The number of carbonyl (C=O) groups is 1. The summed E-state index contributed by atoms with van der Waals surface area (Å²) in [6.07, 6.45) is 1.70. The fourth-order valence-electron chi connectivity index (χ4n) is 3.36. The van der Waals surface area contributed by atoms with Gasteiger partial charge in [0.15, 0.2) is 0 Å². The number of nitrogens with one attached hydrogen (secondary N) is 2. The number of carbonyl (C=O) groups excluding carboxylic acids is 1. The van der Waals surface area contributed by atoms with E-state index in [9.17, 15) is 4.79 Å². The van der Waals surface area contributed by atoms with E-state index in [-0.39, 0.29) is 11.7 Å². The van der Waals surface area contributed by atoms with Gasteiger partial charge in [-0.15, -0.1) is 11.8 Å². The molecule has 0 fully saturated rings. The number of hydrogen-bond acceptors (Lipinski definition) is 4. The number of para-hydroxylation sites is 1. The van der Waals surface area contributed by atoms with Gasteiger partial charge in [0.2, 0.25) is 5.91 Å². The number of hydrogen-bond donors (Lipinski definition) is 2. The minimum Gasteiger partial charge on any atom is -0.358 e. The highest BCUT2D eigenvalue weighted by molar-refractivity contribution is 8.00. The van der Waals surface area contributed by atoms with Crippen molar-refractivity contribution in [1.82, 2.24) is 15.4 Å². The van der Waals surface area contributed by atoms with Gasteiger partial charge in [0, 0.05) is 38.1 Å². The number of thioether (sulfide) groups is 1. The SMILES string of the molecule is Cc1ccc2nc(C)cc(SCC(=O)NN=Cc3c(C)[nH]c4ccccc34)c2c1. The van der Waals surface area contributed by atoms with Gasteiger partial charge in [0.05, 0.1) is 17.5 Å². The molecular formula is C23H22N4OS. The highest BCUT2D eigenvalue weighted by Crippen LogP contribution is 2.28. The van der Waals surface area contributed by atoms with E-state index in [2.05, 4.69) is 39.6 Å². The molecule has 146 valence electrons. The normalized spacial score (nSPS) is 11.6. The van der Waals surface area contributed by atoms with E-state index in [0.717, 1.165) is 43.7 Å². The molecule has 2 heterocycles. The van der Waals surface area contributed by atoms with Crippen molar-refractivity contribution in [1.29, 1.82) is 0 Å². The molecule has 1 amide bonds. The third kappa shape index (κ3) is 4.17. The Kier molecular flexibility index (Phi) is 5.36. The standard InChI is InChI=1S/C23H22N4OS/c1-14-8-9-21-18(10-14)22(11-15(2)25-21)29-13-23(28)27-24-12-19-16(3)26-20-7-5-4-6-17(19)20/h4-12,26H,13H2,1-3H3,(H,27,28). The smallest absolute Gasteiger partial charge is 0.250 e. The Morgan fingerprint density at radius 1 is 1.14 bits per heavy atom. The van der Waals surface area contributed by atoms with E-state index in [4.69, 9.17) is 0 Å². The Bertz CT molecular complexity index is 1240. The Balaban J connectivity index is 1.44. The minimum atomic E-state index is -0.140. The molecule has 5 nitrogen and oxygen atoms in total. The zero-order valence-corrected chi connectivity index (χ0v) is 17.4. The maximum absolute atomic E-state index is 12.3. The van der Waals surface area contributed by atoms with Gasteiger partial charge in [-0.2, -0.15) is 5.10 Å². The number of hydrazone groups is 1. The van der Waals surface area contributed by atoms with Gasteiger partial charge < -0.3 is 4.98 Å². The Labute approximate surface area is 173 Å². The lowest BCUT2D eigenvalue weighted by atomic mass is 10.1. The third-order valence-electron chi connectivity index (χ3n) is 4.74. The maximum atomic E-state index is 12.3. The largest absolute Gasteiger partial charge is 0.358 e. The van der Waals surface area contributed by atoms with Crippen LogP contribution in [-0.4, -0.2) is 27.8 Å². The van der Waals surface area contributed by atoms with E-state index < -0.39 is 0 Å². The van der Waals surface area contributed by atoms with Crippen LogP contribution in [0.2, 0.25) is 0 Å². The van der Waals surface area contributed by atoms with E-state index >= 15 is 0 Å². The second-order valence-corrected chi connectivity index (χ2v) is 8.09. The van der Waals surface area contributed by atoms with Crippen molar-refractivity contribution in [3.8, 4) is 0 Å². The maximum Gasteiger partial charge on any atom is 0.250 e. The van der Waals surface area contributed by atoms with Gasteiger partial charge in [-0.25, -0.2) is 5.43 Å². The van der Waals surface area contributed by atoms with Gasteiger partial charge >= 0.3 is 0 Å². The highest BCUT2D eigenvalue weighted by atomic mass is 32.2. The average Bonchev–Trinajstić information content (AvgIpc) is 3.02. The van der Waals surface area contributed by atoms with Crippen molar-refractivity contribution in [2.75, 3.05) is 5.75 Å². The van der Waals surface area contributed by atoms with E-state index in [0.29, 0.717) is 0 Å². The number of rotatable bonds is 5. The first kappa shape index (κ1) is 19.2. The molecule has 0 saturated carbocycles. The molecule has 2 aromatic carbocycles. The third-order valence-corrected chi connectivity index (χ3v) is 5.79. The molecule has 0 radical (unpaired) electrons. The fourth-order valence-corrected chi connectivity index (χ4v) is 4.29. The molecule has 0 atom stereocenters. The summed E-state index contributed by atoms with van der Waals surface area (Å²) in [7, 11) is 0. The van der Waals surface area contributed by atoms with Gasteiger partial charge in [-0.3, -0.25) is 9.78 Å². The predicted octanol–water partition coefficient (Wildman–Crippen LogP) is 4.88. The molecule has 4 aromatic rings. The van der Waals surface area contributed by atoms with Crippen molar-refractivity contribution < 1.29 is 4.79 Å². The summed E-state index contributed by atoms with van der Waals surface area (Å²) in [4.78, 5) is 21.3. The lowest BCUT2D eigenvalue weighted by Crippen LogP contribution is -2.19. The number of aryl methyl sites for hydroxylation is 3. The molecule has 0 bridgehead atoms. The van der Waals surface area contributed by atoms with Crippen molar-refractivity contribution in [3.05, 3.63) is 71.0 Å². The second-order valence-electron chi connectivity index (χ2n) is 7.07. The average molecular weight is 403 g/mol. The van der Waals surface area contributed by atoms with Crippen molar-refractivity contribution in [3.63, 3.8) is 0 Å². The lowest BCUT2D eigenvalue weighted by Gasteiger charge is -2.08. The first-order chi connectivity index (χ1) is 14.0. The molecule has 6 heteroatoms. The van der Waals surface area contributed by atoms with Crippen LogP contribution in [0.15, 0.2) is 58.5 Å². The van der Waals surface area contributed by atoms with Crippen LogP contribution in [0.5, 0.6) is 0 Å². The lowest BCUT2D eigenvalue weighted by molar-refractivity contribution is -0.118. The Morgan fingerprint density at radius 3 is 2.83 bits per heavy atom. The molecule has 0 aliphatic carbocycles. The number of nitrogens with zero attached hydrogens (tertiary/aromatic N) is 2. The van der Waals surface area contributed by atoms with E-state index in [1.165, 1.54) is 17.3 Å². The number of aromatic amines is 1. The molecule has 4 rings (SSSR count). The number of pyridine rings is 1. The summed E-state index contributed by atoms with van der Waals surface area (Å²) in [5.41, 5.74) is 8.77. The number of amides is 1. The molecule has 0 aliphatic rings. The topological polar surface area (TPSA) is 70.1 Å². The number of fused-ring (bicyclic) bond motifs is 2. The molecular weight excluding hydrogens is 380 g/mol. The summed E-state index contributed by atoms with van der Waals surface area (Å²) in [5, 5.41) is 6.33. The number of aromatic nitrogens is 2. The monoisotopic (exact) mass is 402 g/mol. The molecule has 0 aliphatic heterocycles. The van der Waals surface area contributed by atoms with Crippen LogP contribution in [-0.2, 0) is 4.79 Å². The minimum absolute atomic E-state index is 0.140. The molecule has 0 saturated heterocycles. The second kappa shape index (κ2) is 8.09. The summed E-state index contributed by atoms with van der Waals surface area (Å²) >= 11 is 1.50. The van der Waals surface area contributed by atoms with Crippen LogP contribution in [0, 0.1) is 20.8 Å². The van der Waals surface area contributed by atoms with E-state index in [1.807, 2.05) is 50.2 Å².